The third-order valence-corrected chi connectivity index (χ3v) is 3.41. The van der Waals surface area contributed by atoms with E-state index in [1.165, 1.54) is 13.2 Å². The highest BCUT2D eigenvalue weighted by Crippen LogP contribution is 2.25. The molecule has 2 aromatic rings. The molecule has 0 radical (unpaired) electrons. The van der Waals surface area contributed by atoms with Crippen LogP contribution in [0.2, 0.25) is 0 Å². The number of methoxy groups -OCH3 is 1. The van der Waals surface area contributed by atoms with Gasteiger partial charge in [-0.3, -0.25) is 4.79 Å². The number of aromatic hydroxyl groups is 1. The molecule has 0 fully saturated rings. The Hall–Kier alpha value is -2.07. The highest BCUT2D eigenvalue weighted by atomic mass is 79.9. The Kier molecular flexibility index (Phi) is 4.58. The van der Waals surface area contributed by atoms with Crippen molar-refractivity contribution in [3.8, 4) is 11.5 Å². The van der Waals surface area contributed by atoms with E-state index >= 15 is 0 Å². The third-order valence-electron chi connectivity index (χ3n) is 2.77. The maximum absolute atomic E-state index is 12.1. The van der Waals surface area contributed by atoms with Gasteiger partial charge in [-0.15, -0.1) is 0 Å². The smallest absolute Gasteiger partial charge is 0.189 e. The summed E-state index contributed by atoms with van der Waals surface area (Å²) in [6.07, 6.45) is 3.18. The standard InChI is InChI=1S/C16H13BrO3/c1-20-16-5-3-2-4-12(16)14(18)8-6-11-7-9-15(19)13(17)10-11/h2-10,19H,1H3/b8-6+. The maximum Gasteiger partial charge on any atom is 0.189 e. The number of hydrogen-bond donors (Lipinski definition) is 1. The van der Waals surface area contributed by atoms with Crippen molar-refractivity contribution >= 4 is 27.8 Å². The second-order valence-electron chi connectivity index (χ2n) is 4.11. The average Bonchev–Trinajstić information content (AvgIpc) is 2.48. The fourth-order valence-corrected chi connectivity index (χ4v) is 2.13. The quantitative estimate of drug-likeness (QED) is 0.678. The molecule has 0 saturated carbocycles. The van der Waals surface area contributed by atoms with Crippen LogP contribution < -0.4 is 4.74 Å². The molecule has 20 heavy (non-hydrogen) atoms. The summed E-state index contributed by atoms with van der Waals surface area (Å²) >= 11 is 3.23. The molecule has 0 spiro atoms. The molecule has 2 rings (SSSR count). The van der Waals surface area contributed by atoms with E-state index in [1.807, 2.05) is 6.07 Å². The topological polar surface area (TPSA) is 46.5 Å². The van der Waals surface area contributed by atoms with Gasteiger partial charge in [0.15, 0.2) is 5.78 Å². The van der Waals surface area contributed by atoms with Gasteiger partial charge in [0.1, 0.15) is 11.5 Å². The predicted molar refractivity (Wildman–Crippen MR) is 82.2 cm³/mol. The van der Waals surface area contributed by atoms with Crippen LogP contribution in [0.25, 0.3) is 6.08 Å². The number of carbonyl (C=O) groups is 1. The van der Waals surface area contributed by atoms with E-state index in [4.69, 9.17) is 4.74 Å². The SMILES string of the molecule is COc1ccccc1C(=O)/C=C/c1ccc(O)c(Br)c1. The van der Waals surface area contributed by atoms with Crippen LogP contribution in [0.4, 0.5) is 0 Å². The van der Waals surface area contributed by atoms with Gasteiger partial charge in [-0.25, -0.2) is 0 Å². The Bertz CT molecular complexity index is 663. The minimum absolute atomic E-state index is 0.133. The van der Waals surface area contributed by atoms with Gasteiger partial charge in [0.2, 0.25) is 0 Å². The second kappa shape index (κ2) is 6.39. The molecule has 0 aliphatic carbocycles. The van der Waals surface area contributed by atoms with Crippen molar-refractivity contribution in [2.24, 2.45) is 0 Å². The van der Waals surface area contributed by atoms with E-state index in [2.05, 4.69) is 15.9 Å². The first-order valence-corrected chi connectivity index (χ1v) is 6.75. The Labute approximate surface area is 125 Å². The molecule has 0 aliphatic rings. The number of carbonyl (C=O) groups excluding carboxylic acids is 1. The Balaban J connectivity index is 2.22. The number of phenolic OH excluding ortho intramolecular Hbond substituents is 1. The molecular formula is C16H13BrO3. The summed E-state index contributed by atoms with van der Waals surface area (Å²) in [6, 6.07) is 12.1. The van der Waals surface area contributed by atoms with Gasteiger partial charge in [0.05, 0.1) is 17.1 Å². The molecule has 0 bridgehead atoms. The second-order valence-corrected chi connectivity index (χ2v) is 4.96. The van der Waals surface area contributed by atoms with Crippen molar-refractivity contribution in [1.29, 1.82) is 0 Å². The van der Waals surface area contributed by atoms with Gasteiger partial charge in [-0.2, -0.15) is 0 Å². The molecule has 1 N–H and O–H groups in total. The zero-order valence-corrected chi connectivity index (χ0v) is 12.4. The monoisotopic (exact) mass is 332 g/mol. The normalized spacial score (nSPS) is 10.7. The van der Waals surface area contributed by atoms with E-state index in [-0.39, 0.29) is 11.5 Å². The van der Waals surface area contributed by atoms with E-state index in [1.54, 1.807) is 42.5 Å². The molecule has 0 amide bonds. The summed E-state index contributed by atoms with van der Waals surface area (Å²) in [5, 5.41) is 9.41. The van der Waals surface area contributed by atoms with Gasteiger partial charge in [0, 0.05) is 0 Å². The summed E-state index contributed by atoms with van der Waals surface area (Å²) in [7, 11) is 1.53. The molecule has 4 heteroatoms. The van der Waals surface area contributed by atoms with Crippen molar-refractivity contribution in [3.63, 3.8) is 0 Å². The predicted octanol–water partition coefficient (Wildman–Crippen LogP) is 4.06. The van der Waals surface area contributed by atoms with Crippen LogP contribution in [-0.2, 0) is 0 Å². The van der Waals surface area contributed by atoms with Crippen molar-refractivity contribution < 1.29 is 14.6 Å². The van der Waals surface area contributed by atoms with E-state index < -0.39 is 0 Å². The lowest BCUT2D eigenvalue weighted by atomic mass is 10.1. The van der Waals surface area contributed by atoms with Crippen LogP contribution in [-0.4, -0.2) is 18.0 Å². The lowest BCUT2D eigenvalue weighted by Gasteiger charge is -2.04. The summed E-state index contributed by atoms with van der Waals surface area (Å²) < 4.78 is 5.75. The number of ether oxygens (including phenoxy) is 1. The van der Waals surface area contributed by atoms with E-state index in [9.17, 15) is 9.90 Å². The van der Waals surface area contributed by atoms with Crippen LogP contribution >= 0.6 is 15.9 Å². The van der Waals surface area contributed by atoms with Gasteiger partial charge in [0.25, 0.3) is 0 Å². The number of phenols is 1. The van der Waals surface area contributed by atoms with Crippen LogP contribution in [0.5, 0.6) is 11.5 Å². The maximum atomic E-state index is 12.1. The number of benzene rings is 2. The van der Waals surface area contributed by atoms with E-state index in [0.29, 0.717) is 15.8 Å². The van der Waals surface area contributed by atoms with Crippen LogP contribution in [0.3, 0.4) is 0 Å². The molecule has 0 heterocycles. The minimum atomic E-state index is -0.133. The lowest BCUT2D eigenvalue weighted by Crippen LogP contribution is -1.98. The largest absolute Gasteiger partial charge is 0.507 e. The van der Waals surface area contributed by atoms with Gasteiger partial charge in [-0.05, 0) is 51.8 Å². The molecule has 0 saturated heterocycles. The number of rotatable bonds is 4. The molecule has 0 atom stereocenters. The fourth-order valence-electron chi connectivity index (χ4n) is 1.74. The highest BCUT2D eigenvalue weighted by Gasteiger charge is 2.08. The van der Waals surface area contributed by atoms with Crippen molar-refractivity contribution in [3.05, 3.63) is 64.1 Å². The first-order chi connectivity index (χ1) is 9.61. The third kappa shape index (κ3) is 3.27. The number of hydrogen-bond acceptors (Lipinski definition) is 3. The number of ketones is 1. The molecule has 0 unspecified atom stereocenters. The van der Waals surface area contributed by atoms with Crippen molar-refractivity contribution in [2.45, 2.75) is 0 Å². The van der Waals surface area contributed by atoms with Crippen molar-refractivity contribution in [2.75, 3.05) is 7.11 Å². The zero-order valence-electron chi connectivity index (χ0n) is 10.8. The molecular weight excluding hydrogens is 320 g/mol. The van der Waals surface area contributed by atoms with Gasteiger partial charge >= 0.3 is 0 Å². The van der Waals surface area contributed by atoms with Gasteiger partial charge in [-0.1, -0.05) is 24.3 Å². The first kappa shape index (κ1) is 14.3. The molecule has 0 aliphatic heterocycles. The van der Waals surface area contributed by atoms with Crippen LogP contribution in [0.15, 0.2) is 53.0 Å². The van der Waals surface area contributed by atoms with Crippen LogP contribution in [0, 0.1) is 0 Å². The van der Waals surface area contributed by atoms with E-state index in [0.717, 1.165) is 5.56 Å². The number of para-hydroxylation sites is 1. The summed E-state index contributed by atoms with van der Waals surface area (Å²) in [4.78, 5) is 12.1. The Morgan fingerprint density at radius 1 is 1.25 bits per heavy atom. The molecule has 0 aromatic heterocycles. The average molecular weight is 333 g/mol. The number of halogens is 1. The lowest BCUT2D eigenvalue weighted by molar-refractivity contribution is 0.104. The van der Waals surface area contributed by atoms with Crippen molar-refractivity contribution in [1.82, 2.24) is 0 Å². The van der Waals surface area contributed by atoms with Crippen LogP contribution in [0.1, 0.15) is 15.9 Å². The van der Waals surface area contributed by atoms with Gasteiger partial charge < -0.3 is 9.84 Å². The minimum Gasteiger partial charge on any atom is -0.507 e. The fraction of sp³-hybridized carbons (Fsp3) is 0.0625. The highest BCUT2D eigenvalue weighted by molar-refractivity contribution is 9.10. The molecule has 2 aromatic carbocycles. The zero-order chi connectivity index (χ0) is 14.5. The first-order valence-electron chi connectivity index (χ1n) is 5.96. The summed E-state index contributed by atoms with van der Waals surface area (Å²) in [5.41, 5.74) is 1.34. The summed E-state index contributed by atoms with van der Waals surface area (Å²) in [5.74, 6) is 0.582. The Morgan fingerprint density at radius 2 is 2.00 bits per heavy atom. The summed E-state index contributed by atoms with van der Waals surface area (Å²) in [6.45, 7) is 0. The Morgan fingerprint density at radius 3 is 2.70 bits per heavy atom. The molecule has 3 nitrogen and oxygen atoms in total. The molecule has 102 valence electrons. The number of allylic oxidation sites excluding steroid dienone is 1.